The van der Waals surface area contributed by atoms with Crippen LogP contribution in [0, 0.1) is 13.8 Å². The van der Waals surface area contributed by atoms with E-state index in [2.05, 4.69) is 53.3 Å². The second-order valence-corrected chi connectivity index (χ2v) is 7.68. The van der Waals surface area contributed by atoms with Gasteiger partial charge in [-0.25, -0.2) is 15.0 Å². The molecule has 0 aromatic carbocycles. The monoisotopic (exact) mass is 479 g/mol. The number of aliphatic imine (C=N–C) groups is 1. The zero-order valence-corrected chi connectivity index (χ0v) is 18.6. The molecule has 0 aliphatic heterocycles. The van der Waals surface area contributed by atoms with Crippen LogP contribution in [0.15, 0.2) is 11.2 Å². The van der Waals surface area contributed by atoms with Gasteiger partial charge in [0, 0.05) is 35.5 Å². The zero-order valence-electron chi connectivity index (χ0n) is 14.7. The first-order valence-corrected chi connectivity index (χ1v) is 9.64. The van der Waals surface area contributed by atoms with Crippen LogP contribution >= 0.6 is 46.7 Å². The lowest BCUT2D eigenvalue weighted by Crippen LogP contribution is -2.38. The van der Waals surface area contributed by atoms with Crippen molar-refractivity contribution in [1.82, 2.24) is 20.6 Å². The fraction of sp³-hybridized carbons (Fsp3) is 0.562. The average molecular weight is 479 g/mol. The summed E-state index contributed by atoms with van der Waals surface area (Å²) in [6, 6.07) is 0. The summed E-state index contributed by atoms with van der Waals surface area (Å²) in [6.45, 7) is 10.7. The van der Waals surface area contributed by atoms with Crippen LogP contribution in [0.3, 0.4) is 0 Å². The van der Waals surface area contributed by atoms with Gasteiger partial charge in [0.05, 0.1) is 17.2 Å². The molecule has 0 atom stereocenters. The second kappa shape index (κ2) is 11.0. The molecule has 5 nitrogen and oxygen atoms in total. The van der Waals surface area contributed by atoms with E-state index in [4.69, 9.17) is 0 Å². The van der Waals surface area contributed by atoms with E-state index in [1.54, 1.807) is 22.7 Å². The molecule has 134 valence electrons. The molecule has 2 aromatic heterocycles. The molecule has 0 aliphatic carbocycles. The summed E-state index contributed by atoms with van der Waals surface area (Å²) in [4.78, 5) is 16.2. The van der Waals surface area contributed by atoms with Crippen LogP contribution in [-0.4, -0.2) is 29.0 Å². The lowest BCUT2D eigenvalue weighted by Gasteiger charge is -2.10. The summed E-state index contributed by atoms with van der Waals surface area (Å²) in [5, 5.41) is 8.88. The molecule has 0 unspecified atom stereocenters. The second-order valence-electron chi connectivity index (χ2n) is 5.20. The molecule has 2 aromatic rings. The van der Waals surface area contributed by atoms with Crippen LogP contribution in [0.1, 0.15) is 39.3 Å². The Morgan fingerprint density at radius 3 is 2.54 bits per heavy atom. The number of aromatic nitrogens is 2. The molecule has 8 heteroatoms. The summed E-state index contributed by atoms with van der Waals surface area (Å²) in [5.41, 5.74) is 1.14. The Balaban J connectivity index is 0.00000288. The SMILES string of the molecule is CCNC(=NCc1ncc(CC)s1)NCCc1nc(C)c(C)s1.I. The van der Waals surface area contributed by atoms with E-state index >= 15 is 0 Å². The van der Waals surface area contributed by atoms with Gasteiger partial charge in [-0.15, -0.1) is 46.7 Å². The highest BCUT2D eigenvalue weighted by molar-refractivity contribution is 14.0. The first kappa shape index (κ1) is 21.3. The first-order chi connectivity index (χ1) is 11.1. The van der Waals surface area contributed by atoms with E-state index in [1.807, 2.05) is 6.20 Å². The molecule has 2 N–H and O–H groups in total. The van der Waals surface area contributed by atoms with Crippen molar-refractivity contribution in [3.8, 4) is 0 Å². The molecular weight excluding hydrogens is 453 g/mol. The summed E-state index contributed by atoms with van der Waals surface area (Å²) in [7, 11) is 0. The van der Waals surface area contributed by atoms with Crippen molar-refractivity contribution in [1.29, 1.82) is 0 Å². The fourth-order valence-electron chi connectivity index (χ4n) is 2.01. The summed E-state index contributed by atoms with van der Waals surface area (Å²) in [6.07, 6.45) is 3.90. The van der Waals surface area contributed by atoms with Gasteiger partial charge in [-0.1, -0.05) is 6.92 Å². The highest BCUT2D eigenvalue weighted by atomic mass is 127. The minimum absolute atomic E-state index is 0. The molecule has 0 saturated carbocycles. The van der Waals surface area contributed by atoms with Gasteiger partial charge in [0.2, 0.25) is 0 Å². The van der Waals surface area contributed by atoms with Gasteiger partial charge in [-0.05, 0) is 27.2 Å². The first-order valence-electron chi connectivity index (χ1n) is 8.01. The molecule has 24 heavy (non-hydrogen) atoms. The normalized spacial score (nSPS) is 11.2. The summed E-state index contributed by atoms with van der Waals surface area (Å²) in [5.74, 6) is 0.839. The topological polar surface area (TPSA) is 62.2 Å². The Kier molecular flexibility index (Phi) is 9.75. The van der Waals surface area contributed by atoms with Crippen molar-refractivity contribution < 1.29 is 0 Å². The molecule has 0 amide bonds. The van der Waals surface area contributed by atoms with E-state index in [0.717, 1.165) is 42.6 Å². The van der Waals surface area contributed by atoms with E-state index in [9.17, 15) is 0 Å². The van der Waals surface area contributed by atoms with Crippen LogP contribution in [-0.2, 0) is 19.4 Å². The average Bonchev–Trinajstić information content (AvgIpc) is 3.12. The van der Waals surface area contributed by atoms with E-state index in [0.29, 0.717) is 6.54 Å². The highest BCUT2D eigenvalue weighted by Gasteiger charge is 2.05. The van der Waals surface area contributed by atoms with Crippen LogP contribution in [0.4, 0.5) is 0 Å². The van der Waals surface area contributed by atoms with Crippen LogP contribution in [0.5, 0.6) is 0 Å². The minimum Gasteiger partial charge on any atom is -0.357 e. The Morgan fingerprint density at radius 2 is 1.96 bits per heavy atom. The Hall–Kier alpha value is -0.740. The molecule has 2 heterocycles. The molecule has 0 bridgehead atoms. The lowest BCUT2D eigenvalue weighted by molar-refractivity contribution is 0.794. The smallest absolute Gasteiger partial charge is 0.191 e. The fourth-order valence-corrected chi connectivity index (χ4v) is 3.73. The Labute approximate surface area is 169 Å². The van der Waals surface area contributed by atoms with Crippen molar-refractivity contribution in [3.05, 3.63) is 31.7 Å². The molecule has 0 aliphatic rings. The predicted molar refractivity (Wildman–Crippen MR) is 115 cm³/mol. The van der Waals surface area contributed by atoms with Crippen LogP contribution in [0.25, 0.3) is 0 Å². The van der Waals surface area contributed by atoms with E-state index in [-0.39, 0.29) is 24.0 Å². The maximum atomic E-state index is 4.61. The minimum atomic E-state index is 0. The summed E-state index contributed by atoms with van der Waals surface area (Å²) < 4.78 is 0. The molecular formula is C16H26IN5S2. The number of aryl methyl sites for hydroxylation is 3. The van der Waals surface area contributed by atoms with Crippen LogP contribution < -0.4 is 10.6 Å². The number of rotatable bonds is 7. The largest absolute Gasteiger partial charge is 0.357 e. The van der Waals surface area contributed by atoms with Crippen LogP contribution in [0.2, 0.25) is 0 Å². The van der Waals surface area contributed by atoms with Gasteiger partial charge >= 0.3 is 0 Å². The number of hydrogen-bond donors (Lipinski definition) is 2. The van der Waals surface area contributed by atoms with Crippen molar-refractivity contribution in [2.75, 3.05) is 13.1 Å². The maximum Gasteiger partial charge on any atom is 0.191 e. The van der Waals surface area contributed by atoms with E-state index in [1.165, 1.54) is 14.8 Å². The van der Waals surface area contributed by atoms with Gasteiger partial charge in [-0.2, -0.15) is 0 Å². The number of hydrogen-bond acceptors (Lipinski definition) is 5. The van der Waals surface area contributed by atoms with Gasteiger partial charge in [0.1, 0.15) is 5.01 Å². The third-order valence-electron chi connectivity index (χ3n) is 3.37. The third kappa shape index (κ3) is 6.64. The number of guanidine groups is 1. The Morgan fingerprint density at radius 1 is 1.17 bits per heavy atom. The van der Waals surface area contributed by atoms with Gasteiger partial charge in [-0.3, -0.25) is 0 Å². The maximum absolute atomic E-state index is 4.61. The standard InChI is InChI=1S/C16H25N5S2.HI/c1-5-13-9-19-15(23-13)10-20-16(17-6-2)18-8-7-14-21-11(3)12(4)22-14;/h9H,5-8,10H2,1-4H3,(H2,17,18,20);1H. The number of halogens is 1. The highest BCUT2D eigenvalue weighted by Crippen LogP contribution is 2.16. The lowest BCUT2D eigenvalue weighted by atomic mass is 10.4. The predicted octanol–water partition coefficient (Wildman–Crippen LogP) is 3.69. The number of thiazole rings is 2. The van der Waals surface area contributed by atoms with Crippen molar-refractivity contribution in [2.24, 2.45) is 4.99 Å². The Bertz CT molecular complexity index is 631. The zero-order chi connectivity index (χ0) is 16.7. The number of nitrogens with zero attached hydrogens (tertiary/aromatic N) is 3. The molecule has 0 spiro atoms. The third-order valence-corrected chi connectivity index (χ3v) is 5.63. The van der Waals surface area contributed by atoms with E-state index < -0.39 is 0 Å². The molecule has 2 rings (SSSR count). The van der Waals surface area contributed by atoms with Crippen molar-refractivity contribution in [3.63, 3.8) is 0 Å². The van der Waals surface area contributed by atoms with Gasteiger partial charge in [0.15, 0.2) is 5.96 Å². The molecule has 0 saturated heterocycles. The quantitative estimate of drug-likeness (QED) is 0.361. The molecule has 0 radical (unpaired) electrons. The van der Waals surface area contributed by atoms with Crippen molar-refractivity contribution in [2.45, 2.75) is 47.1 Å². The van der Waals surface area contributed by atoms with Crippen molar-refractivity contribution >= 4 is 52.6 Å². The van der Waals surface area contributed by atoms with Gasteiger partial charge in [0.25, 0.3) is 0 Å². The number of nitrogens with one attached hydrogen (secondary N) is 2. The molecule has 0 fully saturated rings. The van der Waals surface area contributed by atoms with Gasteiger partial charge < -0.3 is 10.6 Å². The summed E-state index contributed by atoms with van der Waals surface area (Å²) >= 11 is 3.51.